The van der Waals surface area contributed by atoms with Crippen LogP contribution in [0.25, 0.3) is 0 Å². The van der Waals surface area contributed by atoms with Crippen molar-refractivity contribution in [2.24, 2.45) is 5.73 Å². The Kier molecular flexibility index (Phi) is 2.36. The molecule has 4 nitrogen and oxygen atoms in total. The number of amides is 2. The smallest absolute Gasteiger partial charge is 0.324 e. The first kappa shape index (κ1) is 9.98. The lowest BCUT2D eigenvalue weighted by atomic mass is 10.2. The van der Waals surface area contributed by atoms with Crippen molar-refractivity contribution in [3.63, 3.8) is 0 Å². The van der Waals surface area contributed by atoms with Crippen LogP contribution in [0.1, 0.15) is 5.56 Å². The first-order chi connectivity index (χ1) is 7.09. The highest BCUT2D eigenvalue weighted by molar-refractivity contribution is 5.94. The second kappa shape index (κ2) is 3.55. The molecule has 2 N–H and O–H groups in total. The molecule has 0 spiro atoms. The molecule has 1 aromatic carbocycles. The molecule has 0 saturated carbocycles. The highest BCUT2D eigenvalue weighted by Gasteiger charge is 2.33. The molecule has 15 heavy (non-hydrogen) atoms. The Hall–Kier alpha value is -1.55. The third-order valence-corrected chi connectivity index (χ3v) is 2.64. The molecule has 80 valence electrons. The SMILES string of the molecule is Cc1ccc(N2C(=O)N(C)CC2N)cc1. The van der Waals surface area contributed by atoms with Crippen LogP contribution in [0.5, 0.6) is 0 Å². The van der Waals surface area contributed by atoms with Crippen LogP contribution in [-0.2, 0) is 0 Å². The molecule has 1 fully saturated rings. The van der Waals surface area contributed by atoms with E-state index in [2.05, 4.69) is 0 Å². The zero-order chi connectivity index (χ0) is 11.0. The summed E-state index contributed by atoms with van der Waals surface area (Å²) in [5.41, 5.74) is 7.93. The van der Waals surface area contributed by atoms with Crippen LogP contribution in [0.4, 0.5) is 10.5 Å². The fraction of sp³-hybridized carbons (Fsp3) is 0.364. The second-order valence-electron chi connectivity index (χ2n) is 3.94. The average Bonchev–Trinajstić information content (AvgIpc) is 2.44. The topological polar surface area (TPSA) is 49.6 Å². The Morgan fingerprint density at radius 1 is 1.33 bits per heavy atom. The van der Waals surface area contributed by atoms with Crippen molar-refractivity contribution in [3.8, 4) is 0 Å². The van der Waals surface area contributed by atoms with Crippen molar-refractivity contribution < 1.29 is 4.79 Å². The lowest BCUT2D eigenvalue weighted by Gasteiger charge is -2.19. The van der Waals surface area contributed by atoms with E-state index >= 15 is 0 Å². The van der Waals surface area contributed by atoms with Crippen LogP contribution in [-0.4, -0.2) is 30.7 Å². The van der Waals surface area contributed by atoms with Crippen molar-refractivity contribution >= 4 is 11.7 Å². The molecule has 0 aliphatic carbocycles. The largest absolute Gasteiger partial charge is 0.325 e. The van der Waals surface area contributed by atoms with Crippen molar-refractivity contribution in [2.45, 2.75) is 13.1 Å². The molecule has 0 aromatic heterocycles. The summed E-state index contributed by atoms with van der Waals surface area (Å²) in [6, 6.07) is 7.77. The highest BCUT2D eigenvalue weighted by Crippen LogP contribution is 2.21. The number of rotatable bonds is 1. The van der Waals surface area contributed by atoms with E-state index in [1.165, 1.54) is 5.56 Å². The van der Waals surface area contributed by atoms with Gasteiger partial charge in [0.2, 0.25) is 0 Å². The van der Waals surface area contributed by atoms with Gasteiger partial charge in [0, 0.05) is 12.7 Å². The maximum atomic E-state index is 11.8. The van der Waals surface area contributed by atoms with Gasteiger partial charge in [0.25, 0.3) is 0 Å². The molecule has 4 heteroatoms. The van der Waals surface area contributed by atoms with Crippen LogP contribution < -0.4 is 10.6 Å². The van der Waals surface area contributed by atoms with E-state index in [1.807, 2.05) is 31.2 Å². The lowest BCUT2D eigenvalue weighted by molar-refractivity contribution is 0.229. The highest BCUT2D eigenvalue weighted by atomic mass is 16.2. The van der Waals surface area contributed by atoms with E-state index < -0.39 is 0 Å². The molecule has 1 aliphatic heterocycles. The minimum Gasteiger partial charge on any atom is -0.324 e. The van der Waals surface area contributed by atoms with Gasteiger partial charge in [-0.3, -0.25) is 4.90 Å². The molecule has 1 aromatic rings. The molecule has 2 rings (SSSR count). The number of nitrogens with zero attached hydrogens (tertiary/aromatic N) is 2. The van der Waals surface area contributed by atoms with Gasteiger partial charge < -0.3 is 10.6 Å². The minimum absolute atomic E-state index is 0.0358. The standard InChI is InChI=1S/C11H15N3O/c1-8-3-5-9(6-4-8)14-10(12)7-13(2)11(14)15/h3-6,10H,7,12H2,1-2H3. The summed E-state index contributed by atoms with van der Waals surface area (Å²) in [5, 5.41) is 0. The number of hydrogen-bond donors (Lipinski definition) is 1. The minimum atomic E-state index is -0.245. The first-order valence-electron chi connectivity index (χ1n) is 4.96. The van der Waals surface area contributed by atoms with Crippen LogP contribution >= 0.6 is 0 Å². The van der Waals surface area contributed by atoms with Gasteiger partial charge in [0.1, 0.15) is 6.17 Å². The van der Waals surface area contributed by atoms with Crippen LogP contribution in [0.15, 0.2) is 24.3 Å². The number of urea groups is 1. The Balaban J connectivity index is 2.31. The zero-order valence-corrected chi connectivity index (χ0v) is 8.97. The van der Waals surface area contributed by atoms with Gasteiger partial charge in [-0.2, -0.15) is 0 Å². The zero-order valence-electron chi connectivity index (χ0n) is 8.97. The molecular weight excluding hydrogens is 190 g/mol. The van der Waals surface area contributed by atoms with Gasteiger partial charge in [-0.05, 0) is 19.1 Å². The lowest BCUT2D eigenvalue weighted by Crippen LogP contribution is -2.40. The third-order valence-electron chi connectivity index (χ3n) is 2.64. The van der Waals surface area contributed by atoms with E-state index in [0.717, 1.165) is 5.69 Å². The summed E-state index contributed by atoms with van der Waals surface area (Å²) in [4.78, 5) is 15.0. The summed E-state index contributed by atoms with van der Waals surface area (Å²) >= 11 is 0. The van der Waals surface area contributed by atoms with Crippen LogP contribution in [0.3, 0.4) is 0 Å². The Morgan fingerprint density at radius 3 is 2.40 bits per heavy atom. The fourth-order valence-corrected chi connectivity index (χ4v) is 1.77. The Morgan fingerprint density at radius 2 is 1.93 bits per heavy atom. The summed E-state index contributed by atoms with van der Waals surface area (Å²) in [6.45, 7) is 2.59. The van der Waals surface area contributed by atoms with E-state index in [4.69, 9.17) is 5.73 Å². The number of aryl methyl sites for hydroxylation is 1. The molecule has 0 radical (unpaired) electrons. The summed E-state index contributed by atoms with van der Waals surface area (Å²) in [6.07, 6.45) is -0.245. The monoisotopic (exact) mass is 205 g/mol. The van der Waals surface area contributed by atoms with Crippen molar-refractivity contribution in [1.82, 2.24) is 4.90 Å². The number of carbonyl (C=O) groups is 1. The quantitative estimate of drug-likeness (QED) is 0.747. The van der Waals surface area contributed by atoms with Gasteiger partial charge in [0.05, 0.1) is 6.54 Å². The second-order valence-corrected chi connectivity index (χ2v) is 3.94. The van der Waals surface area contributed by atoms with Crippen molar-refractivity contribution in [3.05, 3.63) is 29.8 Å². The Bertz CT molecular complexity index is 374. The molecule has 1 atom stereocenters. The van der Waals surface area contributed by atoms with Crippen LogP contribution in [0.2, 0.25) is 0 Å². The molecule has 1 heterocycles. The number of nitrogens with two attached hydrogens (primary N) is 1. The normalized spacial score (nSPS) is 21.3. The van der Waals surface area contributed by atoms with Gasteiger partial charge in [-0.1, -0.05) is 17.7 Å². The number of anilines is 1. The van der Waals surface area contributed by atoms with Gasteiger partial charge >= 0.3 is 6.03 Å². The number of carbonyl (C=O) groups excluding carboxylic acids is 1. The van der Waals surface area contributed by atoms with E-state index in [0.29, 0.717) is 6.54 Å². The number of hydrogen-bond acceptors (Lipinski definition) is 2. The van der Waals surface area contributed by atoms with Gasteiger partial charge in [-0.25, -0.2) is 4.79 Å². The van der Waals surface area contributed by atoms with E-state index in [1.54, 1.807) is 16.8 Å². The predicted octanol–water partition coefficient (Wildman–Crippen LogP) is 1.15. The van der Waals surface area contributed by atoms with Gasteiger partial charge in [0.15, 0.2) is 0 Å². The summed E-state index contributed by atoms with van der Waals surface area (Å²) < 4.78 is 0. The fourth-order valence-electron chi connectivity index (χ4n) is 1.77. The first-order valence-corrected chi connectivity index (χ1v) is 4.96. The Labute approximate surface area is 89.3 Å². The summed E-state index contributed by atoms with van der Waals surface area (Å²) in [5.74, 6) is 0. The number of likely N-dealkylation sites (N-methyl/N-ethyl adjacent to an activating group) is 1. The van der Waals surface area contributed by atoms with Crippen molar-refractivity contribution in [1.29, 1.82) is 0 Å². The average molecular weight is 205 g/mol. The molecular formula is C11H15N3O. The molecule has 1 aliphatic rings. The maximum absolute atomic E-state index is 11.8. The molecule has 0 bridgehead atoms. The number of benzene rings is 1. The predicted molar refractivity (Wildman–Crippen MR) is 59.7 cm³/mol. The van der Waals surface area contributed by atoms with Crippen molar-refractivity contribution in [2.75, 3.05) is 18.5 Å². The molecule has 1 unspecified atom stereocenters. The van der Waals surface area contributed by atoms with E-state index in [9.17, 15) is 4.79 Å². The summed E-state index contributed by atoms with van der Waals surface area (Å²) in [7, 11) is 1.76. The third kappa shape index (κ3) is 1.68. The maximum Gasteiger partial charge on any atom is 0.325 e. The molecule has 1 saturated heterocycles. The molecule has 2 amide bonds. The van der Waals surface area contributed by atoms with Crippen LogP contribution in [0, 0.1) is 6.92 Å². The van der Waals surface area contributed by atoms with Gasteiger partial charge in [-0.15, -0.1) is 0 Å². The van der Waals surface area contributed by atoms with E-state index in [-0.39, 0.29) is 12.2 Å².